The lowest BCUT2D eigenvalue weighted by atomic mass is 10.1. The van der Waals surface area contributed by atoms with Crippen molar-refractivity contribution in [3.63, 3.8) is 0 Å². The van der Waals surface area contributed by atoms with Gasteiger partial charge in [-0.1, -0.05) is 6.07 Å². The summed E-state index contributed by atoms with van der Waals surface area (Å²) in [5, 5.41) is 11.1. The highest BCUT2D eigenvalue weighted by molar-refractivity contribution is 5.97. The summed E-state index contributed by atoms with van der Waals surface area (Å²) in [6.45, 7) is 4.12. The number of carbonyl (C=O) groups excluding carboxylic acids is 2. The number of ether oxygens (including phenoxy) is 3. The molecule has 4 rings (SSSR count). The second kappa shape index (κ2) is 14.0. The number of rotatable bonds is 10. The zero-order valence-electron chi connectivity index (χ0n) is 22.8. The molecule has 3 amide bonds. The first-order valence-corrected chi connectivity index (χ1v) is 13.5. The normalized spacial score (nSPS) is 19.4. The molecular formula is C27H31F6N5O5. The Hall–Kier alpha value is -3.92. The Labute approximate surface area is 243 Å². The fourth-order valence-corrected chi connectivity index (χ4v) is 4.83. The van der Waals surface area contributed by atoms with Crippen molar-refractivity contribution in [1.82, 2.24) is 20.9 Å². The molecule has 1 saturated carbocycles. The number of piperazine rings is 1. The van der Waals surface area contributed by atoms with E-state index in [1.807, 2.05) is 0 Å². The predicted molar refractivity (Wildman–Crippen MR) is 142 cm³/mol. The lowest BCUT2D eigenvalue weighted by Crippen LogP contribution is -2.46. The van der Waals surface area contributed by atoms with Gasteiger partial charge < -0.3 is 35.5 Å². The summed E-state index contributed by atoms with van der Waals surface area (Å²) < 4.78 is 89.7. The molecule has 2 unspecified atom stereocenters. The van der Waals surface area contributed by atoms with Crippen molar-refractivity contribution < 1.29 is 50.1 Å². The monoisotopic (exact) mass is 619 g/mol. The molecule has 0 spiro atoms. The highest BCUT2D eigenvalue weighted by atomic mass is 19.4. The van der Waals surface area contributed by atoms with Gasteiger partial charge in [-0.2, -0.15) is 0 Å². The maximum absolute atomic E-state index is 13.0. The number of hydrogen-bond donors (Lipinski definition) is 4. The molecule has 1 aliphatic carbocycles. The minimum Gasteiger partial charge on any atom is -0.490 e. The van der Waals surface area contributed by atoms with E-state index in [-0.39, 0.29) is 29.6 Å². The average Bonchev–Trinajstić information content (AvgIpc) is 3.34. The van der Waals surface area contributed by atoms with E-state index in [1.165, 1.54) is 18.2 Å². The van der Waals surface area contributed by atoms with Crippen molar-refractivity contribution in [2.45, 2.75) is 44.1 Å². The number of nitrogens with zero attached hydrogens (tertiary/aromatic N) is 1. The number of alkyl halides is 6. The quantitative estimate of drug-likeness (QED) is 0.295. The van der Waals surface area contributed by atoms with E-state index >= 15 is 0 Å². The smallest absolute Gasteiger partial charge is 0.490 e. The second-order valence-corrected chi connectivity index (χ2v) is 9.98. The van der Waals surface area contributed by atoms with Crippen molar-refractivity contribution in [3.8, 4) is 17.2 Å². The molecule has 0 radical (unpaired) electrons. The van der Waals surface area contributed by atoms with Crippen molar-refractivity contribution in [1.29, 1.82) is 0 Å². The van der Waals surface area contributed by atoms with Crippen molar-refractivity contribution in [2.24, 2.45) is 0 Å². The number of amides is 3. The minimum absolute atomic E-state index is 0.0609. The molecule has 2 aromatic carbocycles. The van der Waals surface area contributed by atoms with E-state index in [0.717, 1.165) is 50.4 Å². The highest BCUT2D eigenvalue weighted by Gasteiger charge is 2.33. The first kappa shape index (κ1) is 32.0. The van der Waals surface area contributed by atoms with Crippen molar-refractivity contribution in [3.05, 3.63) is 48.0 Å². The van der Waals surface area contributed by atoms with Gasteiger partial charge in [0.15, 0.2) is 0 Å². The van der Waals surface area contributed by atoms with Crippen LogP contribution in [0.5, 0.6) is 17.2 Å². The molecule has 10 nitrogen and oxygen atoms in total. The number of carbonyl (C=O) groups is 2. The SMILES string of the molecule is O=C(Nc1cccc(OC(F)(F)F)c1)NC1CCC(Oc2ccc(OC(F)(F)F)cc2C(=O)NCCN2CCNCC2)C1. The van der Waals surface area contributed by atoms with Gasteiger partial charge in [-0.3, -0.25) is 9.69 Å². The maximum atomic E-state index is 13.0. The summed E-state index contributed by atoms with van der Waals surface area (Å²) in [5.74, 6) is -1.62. The molecular weight excluding hydrogens is 588 g/mol. The summed E-state index contributed by atoms with van der Waals surface area (Å²) >= 11 is 0. The van der Waals surface area contributed by atoms with E-state index in [2.05, 4.69) is 35.6 Å². The Morgan fingerprint density at radius 1 is 0.930 bits per heavy atom. The molecule has 2 atom stereocenters. The fourth-order valence-electron chi connectivity index (χ4n) is 4.83. The van der Waals surface area contributed by atoms with Gasteiger partial charge in [0, 0.05) is 63.5 Å². The number of benzene rings is 2. The van der Waals surface area contributed by atoms with Gasteiger partial charge in [-0.15, -0.1) is 26.3 Å². The van der Waals surface area contributed by atoms with Crippen LogP contribution < -0.4 is 35.5 Å². The van der Waals surface area contributed by atoms with Crippen LogP contribution >= 0.6 is 0 Å². The van der Waals surface area contributed by atoms with Crippen LogP contribution in [-0.2, 0) is 0 Å². The summed E-state index contributed by atoms with van der Waals surface area (Å²) in [5.41, 5.74) is -0.0454. The maximum Gasteiger partial charge on any atom is 0.573 e. The molecule has 1 aliphatic heterocycles. The molecule has 2 aliphatic rings. The Balaban J connectivity index is 1.34. The van der Waals surface area contributed by atoms with E-state index in [9.17, 15) is 35.9 Å². The van der Waals surface area contributed by atoms with E-state index in [4.69, 9.17) is 4.74 Å². The first-order valence-electron chi connectivity index (χ1n) is 13.5. The third-order valence-corrected chi connectivity index (χ3v) is 6.69. The Kier molecular flexibility index (Phi) is 10.4. The Bertz CT molecular complexity index is 1260. The summed E-state index contributed by atoms with van der Waals surface area (Å²) in [6.07, 6.45) is -9.04. The number of hydrogen-bond acceptors (Lipinski definition) is 7. The fraction of sp³-hybridized carbons (Fsp3) is 0.481. The standard InChI is InChI=1S/C27H31F6N5O5/c28-26(29,30)42-20-3-1-2-17(15-20)36-25(40)37-18-4-5-19(14-18)41-23-7-6-21(43-27(31,32)33)16-22(23)24(39)35-10-13-38-11-8-34-9-12-38/h1-3,6-7,15-16,18-19,34H,4-5,8-14H2,(H,35,39)(H2,36,37,40). The van der Waals surface area contributed by atoms with Gasteiger partial charge in [-0.05, 0) is 43.2 Å². The van der Waals surface area contributed by atoms with E-state index < -0.39 is 42.3 Å². The van der Waals surface area contributed by atoms with Crippen LogP contribution in [0.2, 0.25) is 0 Å². The van der Waals surface area contributed by atoms with Gasteiger partial charge in [-0.25, -0.2) is 4.79 Å². The average molecular weight is 620 g/mol. The van der Waals surface area contributed by atoms with Crippen LogP contribution in [0.4, 0.5) is 36.8 Å². The topological polar surface area (TPSA) is 113 Å². The van der Waals surface area contributed by atoms with Crippen LogP contribution in [0.1, 0.15) is 29.6 Å². The van der Waals surface area contributed by atoms with Crippen molar-refractivity contribution in [2.75, 3.05) is 44.6 Å². The lowest BCUT2D eigenvalue weighted by molar-refractivity contribution is -0.275. The van der Waals surface area contributed by atoms with E-state index in [1.54, 1.807) is 0 Å². The first-order chi connectivity index (χ1) is 20.3. The molecule has 0 bridgehead atoms. The van der Waals surface area contributed by atoms with Crippen LogP contribution in [-0.4, -0.2) is 81.0 Å². The summed E-state index contributed by atoms with van der Waals surface area (Å²) in [7, 11) is 0. The lowest BCUT2D eigenvalue weighted by Gasteiger charge is -2.27. The molecule has 1 heterocycles. The van der Waals surface area contributed by atoms with Gasteiger partial charge in [0.2, 0.25) is 0 Å². The molecule has 1 saturated heterocycles. The number of anilines is 1. The molecule has 2 fully saturated rings. The zero-order chi connectivity index (χ0) is 31.0. The number of urea groups is 1. The van der Waals surface area contributed by atoms with Crippen LogP contribution in [0.3, 0.4) is 0 Å². The van der Waals surface area contributed by atoms with Gasteiger partial charge in [0.25, 0.3) is 5.91 Å². The largest absolute Gasteiger partial charge is 0.573 e. The van der Waals surface area contributed by atoms with E-state index in [0.29, 0.717) is 25.8 Å². The van der Waals surface area contributed by atoms with Gasteiger partial charge in [0.05, 0.1) is 5.56 Å². The molecule has 4 N–H and O–H groups in total. The van der Waals surface area contributed by atoms with Crippen LogP contribution in [0.25, 0.3) is 0 Å². The zero-order valence-corrected chi connectivity index (χ0v) is 22.8. The number of nitrogens with one attached hydrogen (secondary N) is 4. The molecule has 43 heavy (non-hydrogen) atoms. The van der Waals surface area contributed by atoms with Crippen LogP contribution in [0, 0.1) is 0 Å². The molecule has 236 valence electrons. The van der Waals surface area contributed by atoms with Gasteiger partial charge in [0.1, 0.15) is 23.4 Å². The summed E-state index contributed by atoms with van der Waals surface area (Å²) in [6, 6.07) is 7.03. The predicted octanol–water partition coefficient (Wildman–Crippen LogP) is 4.24. The highest BCUT2D eigenvalue weighted by Crippen LogP contribution is 2.32. The Morgan fingerprint density at radius 2 is 1.63 bits per heavy atom. The summed E-state index contributed by atoms with van der Waals surface area (Å²) in [4.78, 5) is 27.6. The molecule has 2 aromatic rings. The molecule has 0 aromatic heterocycles. The third-order valence-electron chi connectivity index (χ3n) is 6.69. The minimum atomic E-state index is -4.95. The molecule has 16 heteroatoms. The Morgan fingerprint density at radius 3 is 2.33 bits per heavy atom. The number of halogens is 6. The van der Waals surface area contributed by atoms with Crippen molar-refractivity contribution >= 4 is 17.6 Å². The van der Waals surface area contributed by atoms with Crippen LogP contribution in [0.15, 0.2) is 42.5 Å². The van der Waals surface area contributed by atoms with Gasteiger partial charge >= 0.3 is 18.8 Å². The second-order valence-electron chi connectivity index (χ2n) is 9.98. The third kappa shape index (κ3) is 10.7.